The van der Waals surface area contributed by atoms with Gasteiger partial charge in [0.25, 0.3) is 0 Å². The van der Waals surface area contributed by atoms with Crippen LogP contribution in [0.3, 0.4) is 0 Å². The van der Waals surface area contributed by atoms with E-state index >= 15 is 0 Å². The summed E-state index contributed by atoms with van der Waals surface area (Å²) in [6, 6.07) is 18.4. The van der Waals surface area contributed by atoms with Crippen molar-refractivity contribution in [2.75, 3.05) is 26.3 Å². The smallest absolute Gasteiger partial charge is 0.410 e. The number of carbonyl (C=O) groups is 1. The summed E-state index contributed by atoms with van der Waals surface area (Å²) in [5, 5.41) is 0. The minimum Gasteiger partial charge on any atom is -0.444 e. The van der Waals surface area contributed by atoms with E-state index < -0.39 is 5.60 Å². The van der Waals surface area contributed by atoms with Crippen molar-refractivity contribution in [2.45, 2.75) is 45.3 Å². The molecule has 1 saturated heterocycles. The van der Waals surface area contributed by atoms with Crippen LogP contribution in [0.5, 0.6) is 0 Å². The summed E-state index contributed by atoms with van der Waals surface area (Å²) in [6.07, 6.45) is 1.48. The van der Waals surface area contributed by atoms with Crippen LogP contribution in [0.25, 0.3) is 16.8 Å². The quantitative estimate of drug-likeness (QED) is 0.450. The topological polar surface area (TPSA) is 60.0 Å². The molecule has 0 atom stereocenters. The van der Waals surface area contributed by atoms with Crippen LogP contribution in [-0.2, 0) is 14.3 Å². The largest absolute Gasteiger partial charge is 0.444 e. The Morgan fingerprint density at radius 1 is 1.00 bits per heavy atom. The predicted octanol–water partition coefficient (Wildman–Crippen LogP) is 5.26. The minimum absolute atomic E-state index is 0.131. The third kappa shape index (κ3) is 7.39. The molecule has 1 aliphatic rings. The van der Waals surface area contributed by atoms with Crippen LogP contribution in [0.4, 0.5) is 4.79 Å². The van der Waals surface area contributed by atoms with Crippen molar-refractivity contribution in [1.82, 2.24) is 10.4 Å². The zero-order chi connectivity index (χ0) is 23.0. The van der Waals surface area contributed by atoms with Crippen molar-refractivity contribution < 1.29 is 19.1 Å². The fourth-order valence-corrected chi connectivity index (χ4v) is 3.48. The highest BCUT2D eigenvalue weighted by molar-refractivity contribution is 5.69. The number of hydrogen-bond donors (Lipinski definition) is 1. The molecule has 6 nitrogen and oxygen atoms in total. The van der Waals surface area contributed by atoms with Crippen molar-refractivity contribution in [2.24, 2.45) is 0 Å². The second kappa shape index (κ2) is 11.2. The van der Waals surface area contributed by atoms with Crippen LogP contribution in [-0.4, -0.2) is 49.0 Å². The van der Waals surface area contributed by atoms with E-state index in [1.807, 2.05) is 51.1 Å². The lowest BCUT2D eigenvalue weighted by Crippen LogP contribution is -2.43. The Morgan fingerprint density at radius 3 is 2.25 bits per heavy atom. The van der Waals surface area contributed by atoms with Gasteiger partial charge in [-0.05, 0) is 50.3 Å². The highest BCUT2D eigenvalue weighted by Crippen LogP contribution is 2.21. The van der Waals surface area contributed by atoms with Gasteiger partial charge in [0.05, 0.1) is 25.0 Å². The molecular weight excluding hydrogens is 404 g/mol. The van der Waals surface area contributed by atoms with Gasteiger partial charge in [-0.2, -0.15) is 0 Å². The van der Waals surface area contributed by atoms with Crippen LogP contribution in [0.1, 0.15) is 39.2 Å². The summed E-state index contributed by atoms with van der Waals surface area (Å²) < 4.78 is 11.3. The number of amides is 1. The third-order valence-corrected chi connectivity index (χ3v) is 5.17. The second-order valence-corrected chi connectivity index (χ2v) is 8.91. The molecule has 0 saturated carbocycles. The molecule has 0 aliphatic carbocycles. The first-order valence-corrected chi connectivity index (χ1v) is 11.1. The van der Waals surface area contributed by atoms with Crippen molar-refractivity contribution in [3.05, 3.63) is 66.7 Å². The van der Waals surface area contributed by atoms with Gasteiger partial charge in [0.15, 0.2) is 0 Å². The van der Waals surface area contributed by atoms with Gasteiger partial charge < -0.3 is 14.4 Å². The van der Waals surface area contributed by atoms with E-state index in [0.29, 0.717) is 32.0 Å². The lowest BCUT2D eigenvalue weighted by Gasteiger charge is -2.33. The lowest BCUT2D eigenvalue weighted by molar-refractivity contribution is -0.0388. The van der Waals surface area contributed by atoms with Gasteiger partial charge >= 0.3 is 6.09 Å². The Morgan fingerprint density at radius 2 is 1.62 bits per heavy atom. The minimum atomic E-state index is -0.470. The molecule has 1 amide bonds. The number of hydrogen-bond acceptors (Lipinski definition) is 5. The molecule has 1 fully saturated rings. The van der Waals surface area contributed by atoms with Crippen LogP contribution in [0.15, 0.2) is 61.2 Å². The zero-order valence-corrected chi connectivity index (χ0v) is 19.3. The number of ether oxygens (including phenoxy) is 2. The van der Waals surface area contributed by atoms with E-state index in [9.17, 15) is 4.79 Å². The van der Waals surface area contributed by atoms with E-state index in [2.05, 4.69) is 36.3 Å². The molecule has 3 rings (SSSR count). The van der Waals surface area contributed by atoms with E-state index in [-0.39, 0.29) is 12.2 Å². The number of nitrogens with one attached hydrogen (secondary N) is 1. The molecule has 1 heterocycles. The van der Waals surface area contributed by atoms with Gasteiger partial charge in [-0.1, -0.05) is 61.2 Å². The summed E-state index contributed by atoms with van der Waals surface area (Å²) in [5.41, 5.74) is 6.45. The van der Waals surface area contributed by atoms with Crippen LogP contribution >= 0.6 is 0 Å². The Labute approximate surface area is 191 Å². The molecule has 1 aliphatic heterocycles. The lowest BCUT2D eigenvalue weighted by atomic mass is 10.0. The maximum atomic E-state index is 12.1. The van der Waals surface area contributed by atoms with Crippen LogP contribution in [0.2, 0.25) is 0 Å². The second-order valence-electron chi connectivity index (χ2n) is 8.91. The fraction of sp³-hybridized carbons (Fsp3) is 0.423. The van der Waals surface area contributed by atoms with Crippen molar-refractivity contribution in [3.8, 4) is 11.1 Å². The van der Waals surface area contributed by atoms with Crippen LogP contribution in [0, 0.1) is 0 Å². The SMILES string of the molecule is C=C(NOCCOC1CCN(C(=O)OC(C)(C)C)CC1)c1ccc(-c2ccccc2)cc1. The van der Waals surface area contributed by atoms with E-state index in [1.54, 1.807) is 4.90 Å². The number of nitrogens with zero attached hydrogens (tertiary/aromatic N) is 1. The summed E-state index contributed by atoms with van der Waals surface area (Å²) in [7, 11) is 0. The summed E-state index contributed by atoms with van der Waals surface area (Å²) >= 11 is 0. The van der Waals surface area contributed by atoms with Gasteiger partial charge in [0, 0.05) is 13.1 Å². The summed E-state index contributed by atoms with van der Waals surface area (Å²) in [4.78, 5) is 19.4. The van der Waals surface area contributed by atoms with Crippen LogP contribution < -0.4 is 5.48 Å². The molecule has 172 valence electrons. The first kappa shape index (κ1) is 23.8. The normalized spacial score (nSPS) is 14.8. The standard InChI is InChI=1S/C26H34N2O4/c1-20(21-10-12-23(13-11-21)22-8-6-5-7-9-22)27-31-19-18-30-24-14-16-28(17-15-24)25(29)32-26(2,3)4/h5-13,24,27H,1,14-19H2,2-4H3. The number of benzene rings is 2. The first-order valence-electron chi connectivity index (χ1n) is 11.1. The molecular formula is C26H34N2O4. The first-order chi connectivity index (χ1) is 15.3. The van der Waals surface area contributed by atoms with E-state index in [4.69, 9.17) is 14.3 Å². The molecule has 1 N–H and O–H groups in total. The Kier molecular flexibility index (Phi) is 8.31. The Bertz CT molecular complexity index is 867. The number of rotatable bonds is 8. The third-order valence-electron chi connectivity index (χ3n) is 5.17. The van der Waals surface area contributed by atoms with Gasteiger partial charge in [-0.15, -0.1) is 0 Å². The highest BCUT2D eigenvalue weighted by Gasteiger charge is 2.27. The molecule has 2 aromatic rings. The molecule has 2 aromatic carbocycles. The molecule has 6 heteroatoms. The number of likely N-dealkylation sites (tertiary alicyclic amines) is 1. The number of carbonyl (C=O) groups excluding carboxylic acids is 1. The van der Waals surface area contributed by atoms with Gasteiger partial charge in [-0.25, -0.2) is 4.79 Å². The average molecular weight is 439 g/mol. The van der Waals surface area contributed by atoms with Gasteiger partial charge in [0.1, 0.15) is 5.60 Å². The Hall–Kier alpha value is -2.83. The van der Waals surface area contributed by atoms with Crippen molar-refractivity contribution in [1.29, 1.82) is 0 Å². The summed E-state index contributed by atoms with van der Waals surface area (Å²) in [6.45, 7) is 11.9. The maximum absolute atomic E-state index is 12.1. The average Bonchev–Trinajstić information content (AvgIpc) is 2.78. The predicted molar refractivity (Wildman–Crippen MR) is 127 cm³/mol. The molecule has 0 radical (unpaired) electrons. The molecule has 0 aromatic heterocycles. The van der Waals surface area contributed by atoms with E-state index in [1.165, 1.54) is 5.56 Å². The molecule has 0 unspecified atom stereocenters. The van der Waals surface area contributed by atoms with Crippen molar-refractivity contribution in [3.63, 3.8) is 0 Å². The highest BCUT2D eigenvalue weighted by atomic mass is 16.7. The van der Waals surface area contributed by atoms with Gasteiger partial charge in [0.2, 0.25) is 0 Å². The molecule has 0 spiro atoms. The number of piperidine rings is 1. The number of hydroxylamine groups is 1. The zero-order valence-electron chi connectivity index (χ0n) is 19.3. The maximum Gasteiger partial charge on any atom is 0.410 e. The summed E-state index contributed by atoms with van der Waals surface area (Å²) in [5.74, 6) is 0. The molecule has 32 heavy (non-hydrogen) atoms. The van der Waals surface area contributed by atoms with Gasteiger partial charge in [-0.3, -0.25) is 10.3 Å². The monoisotopic (exact) mass is 438 g/mol. The fourth-order valence-electron chi connectivity index (χ4n) is 3.48. The Balaban J connectivity index is 1.31. The molecule has 0 bridgehead atoms. The van der Waals surface area contributed by atoms with E-state index in [0.717, 1.165) is 24.0 Å². The van der Waals surface area contributed by atoms with Crippen molar-refractivity contribution >= 4 is 11.8 Å².